The molecular formula is C13H13BrO2S. The predicted octanol–water partition coefficient (Wildman–Crippen LogP) is 3.91. The largest absolute Gasteiger partial charge is 0.497 e. The Morgan fingerprint density at radius 2 is 2.12 bits per heavy atom. The third-order valence-corrected chi connectivity index (χ3v) is 4.41. The van der Waals surface area contributed by atoms with Crippen LogP contribution >= 0.6 is 27.3 Å². The summed E-state index contributed by atoms with van der Waals surface area (Å²) in [5, 5.41) is 12.3. The first kappa shape index (κ1) is 12.6. The van der Waals surface area contributed by atoms with E-state index in [0.717, 1.165) is 26.2 Å². The number of thiophene rings is 1. The Morgan fingerprint density at radius 1 is 1.35 bits per heavy atom. The van der Waals surface area contributed by atoms with Crippen molar-refractivity contribution in [2.24, 2.45) is 0 Å². The molecule has 1 heterocycles. The van der Waals surface area contributed by atoms with E-state index in [4.69, 9.17) is 4.74 Å². The zero-order chi connectivity index (χ0) is 12.4. The van der Waals surface area contributed by atoms with Crippen LogP contribution in [0.4, 0.5) is 0 Å². The van der Waals surface area contributed by atoms with Gasteiger partial charge in [-0.25, -0.2) is 0 Å². The van der Waals surface area contributed by atoms with Gasteiger partial charge >= 0.3 is 0 Å². The van der Waals surface area contributed by atoms with Gasteiger partial charge in [-0.05, 0) is 36.1 Å². The topological polar surface area (TPSA) is 29.5 Å². The molecule has 0 fully saturated rings. The molecule has 90 valence electrons. The lowest BCUT2D eigenvalue weighted by molar-refractivity contribution is 0.222. The van der Waals surface area contributed by atoms with Gasteiger partial charge in [-0.1, -0.05) is 22.0 Å². The first-order valence-corrected chi connectivity index (χ1v) is 6.86. The zero-order valence-corrected chi connectivity index (χ0v) is 12.0. The molecule has 0 bridgehead atoms. The number of aryl methyl sites for hydroxylation is 1. The Balaban J connectivity index is 2.38. The van der Waals surface area contributed by atoms with Crippen molar-refractivity contribution in [1.82, 2.24) is 0 Å². The normalized spacial score (nSPS) is 12.5. The van der Waals surface area contributed by atoms with Crippen molar-refractivity contribution in [1.29, 1.82) is 0 Å². The van der Waals surface area contributed by atoms with E-state index in [1.165, 1.54) is 0 Å². The molecule has 2 aromatic rings. The minimum atomic E-state index is -0.588. The highest BCUT2D eigenvalue weighted by molar-refractivity contribution is 9.10. The molecule has 4 heteroatoms. The molecule has 17 heavy (non-hydrogen) atoms. The van der Waals surface area contributed by atoms with Gasteiger partial charge in [0.05, 0.1) is 7.11 Å². The molecule has 0 aliphatic heterocycles. The van der Waals surface area contributed by atoms with Crippen molar-refractivity contribution in [3.63, 3.8) is 0 Å². The van der Waals surface area contributed by atoms with Crippen molar-refractivity contribution in [3.8, 4) is 5.75 Å². The van der Waals surface area contributed by atoms with E-state index in [9.17, 15) is 5.11 Å². The Bertz CT molecular complexity index is 522. The lowest BCUT2D eigenvalue weighted by Crippen LogP contribution is -2.00. The summed E-state index contributed by atoms with van der Waals surface area (Å²) >= 11 is 5.03. The van der Waals surface area contributed by atoms with Gasteiger partial charge in [0.1, 0.15) is 11.9 Å². The summed E-state index contributed by atoms with van der Waals surface area (Å²) in [5.74, 6) is 0.774. The summed E-state index contributed by atoms with van der Waals surface area (Å²) in [4.78, 5) is 0.982. The molecule has 1 atom stereocenters. The average Bonchev–Trinajstić information content (AvgIpc) is 2.74. The fraction of sp³-hybridized carbons (Fsp3) is 0.231. The predicted molar refractivity (Wildman–Crippen MR) is 73.8 cm³/mol. The maximum atomic E-state index is 10.3. The summed E-state index contributed by atoms with van der Waals surface area (Å²) in [7, 11) is 1.63. The van der Waals surface area contributed by atoms with E-state index >= 15 is 0 Å². The first-order chi connectivity index (χ1) is 8.13. The smallest absolute Gasteiger partial charge is 0.120 e. The van der Waals surface area contributed by atoms with E-state index < -0.39 is 6.10 Å². The van der Waals surface area contributed by atoms with Gasteiger partial charge in [-0.2, -0.15) is 0 Å². The lowest BCUT2D eigenvalue weighted by atomic mass is 10.1. The van der Waals surface area contributed by atoms with Gasteiger partial charge in [-0.3, -0.25) is 0 Å². The maximum absolute atomic E-state index is 10.3. The molecule has 0 aliphatic carbocycles. The maximum Gasteiger partial charge on any atom is 0.120 e. The van der Waals surface area contributed by atoms with Crippen LogP contribution in [-0.4, -0.2) is 12.2 Å². The molecular weight excluding hydrogens is 300 g/mol. The molecule has 1 aromatic carbocycles. The van der Waals surface area contributed by atoms with Crippen LogP contribution in [0.1, 0.15) is 22.1 Å². The third kappa shape index (κ3) is 2.54. The number of aliphatic hydroxyl groups is 1. The quantitative estimate of drug-likeness (QED) is 0.931. The number of ether oxygens (including phenoxy) is 1. The van der Waals surface area contributed by atoms with E-state index in [1.54, 1.807) is 18.4 Å². The fourth-order valence-corrected chi connectivity index (χ4v) is 3.17. The molecule has 2 rings (SSSR count). The molecule has 2 nitrogen and oxygen atoms in total. The zero-order valence-electron chi connectivity index (χ0n) is 9.61. The van der Waals surface area contributed by atoms with Gasteiger partial charge in [0.2, 0.25) is 0 Å². The number of halogens is 1. The number of aliphatic hydroxyl groups excluding tert-OH is 1. The standard InChI is InChI=1S/C13H13BrO2S/c1-8-5-6-17-13(8)12(15)10-4-3-9(16-2)7-11(10)14/h3-7,12,15H,1-2H3. The Morgan fingerprint density at radius 3 is 2.65 bits per heavy atom. The van der Waals surface area contributed by atoms with Crippen LogP contribution in [0.5, 0.6) is 5.75 Å². The summed E-state index contributed by atoms with van der Waals surface area (Å²) in [6.45, 7) is 2.01. The van der Waals surface area contributed by atoms with Crippen molar-refractivity contribution in [2.45, 2.75) is 13.0 Å². The number of hydrogen-bond donors (Lipinski definition) is 1. The minimum Gasteiger partial charge on any atom is -0.497 e. The number of hydrogen-bond acceptors (Lipinski definition) is 3. The van der Waals surface area contributed by atoms with Crippen molar-refractivity contribution in [2.75, 3.05) is 7.11 Å². The van der Waals surface area contributed by atoms with Crippen LogP contribution in [-0.2, 0) is 0 Å². The molecule has 0 saturated heterocycles. The van der Waals surface area contributed by atoms with Crippen molar-refractivity contribution < 1.29 is 9.84 Å². The minimum absolute atomic E-state index is 0.588. The Labute approximate surface area is 113 Å². The molecule has 1 unspecified atom stereocenters. The van der Waals surface area contributed by atoms with E-state index in [1.807, 2.05) is 36.6 Å². The van der Waals surface area contributed by atoms with Gasteiger partial charge in [0.15, 0.2) is 0 Å². The van der Waals surface area contributed by atoms with Crippen LogP contribution in [0.25, 0.3) is 0 Å². The fourth-order valence-electron chi connectivity index (χ4n) is 1.66. The summed E-state index contributed by atoms with van der Waals surface area (Å²) in [5.41, 5.74) is 1.97. The lowest BCUT2D eigenvalue weighted by Gasteiger charge is -2.13. The number of methoxy groups -OCH3 is 1. The second-order valence-corrected chi connectivity index (χ2v) is 5.56. The highest BCUT2D eigenvalue weighted by Gasteiger charge is 2.17. The second-order valence-electron chi connectivity index (χ2n) is 3.76. The van der Waals surface area contributed by atoms with Crippen molar-refractivity contribution >= 4 is 27.3 Å². The first-order valence-electron chi connectivity index (χ1n) is 5.19. The van der Waals surface area contributed by atoms with Gasteiger partial charge in [-0.15, -0.1) is 11.3 Å². The van der Waals surface area contributed by atoms with Crippen LogP contribution in [0.3, 0.4) is 0 Å². The Hall–Kier alpha value is -0.840. The summed E-state index contributed by atoms with van der Waals surface area (Å²) in [6.07, 6.45) is -0.588. The average molecular weight is 313 g/mol. The van der Waals surface area contributed by atoms with Gasteiger partial charge in [0, 0.05) is 14.9 Å². The molecule has 0 amide bonds. The highest BCUT2D eigenvalue weighted by atomic mass is 79.9. The molecule has 0 spiro atoms. The van der Waals surface area contributed by atoms with Crippen molar-refractivity contribution in [3.05, 3.63) is 50.1 Å². The van der Waals surface area contributed by atoms with Gasteiger partial charge in [0.25, 0.3) is 0 Å². The van der Waals surface area contributed by atoms with Crippen LogP contribution in [0.2, 0.25) is 0 Å². The third-order valence-electron chi connectivity index (χ3n) is 2.65. The highest BCUT2D eigenvalue weighted by Crippen LogP contribution is 2.34. The molecule has 0 aliphatic rings. The summed E-state index contributed by atoms with van der Waals surface area (Å²) in [6, 6.07) is 7.61. The Kier molecular flexibility index (Phi) is 3.86. The van der Waals surface area contributed by atoms with Crippen LogP contribution in [0, 0.1) is 6.92 Å². The van der Waals surface area contributed by atoms with E-state index in [2.05, 4.69) is 15.9 Å². The van der Waals surface area contributed by atoms with Crippen LogP contribution in [0.15, 0.2) is 34.1 Å². The number of rotatable bonds is 3. The monoisotopic (exact) mass is 312 g/mol. The van der Waals surface area contributed by atoms with Gasteiger partial charge < -0.3 is 9.84 Å². The van der Waals surface area contributed by atoms with E-state index in [-0.39, 0.29) is 0 Å². The molecule has 0 radical (unpaired) electrons. The van der Waals surface area contributed by atoms with E-state index in [0.29, 0.717) is 0 Å². The molecule has 1 aromatic heterocycles. The SMILES string of the molecule is COc1ccc(C(O)c2sccc2C)c(Br)c1. The second kappa shape index (κ2) is 5.21. The molecule has 1 N–H and O–H groups in total. The summed E-state index contributed by atoms with van der Waals surface area (Å²) < 4.78 is 5.99. The molecule has 0 saturated carbocycles. The number of benzene rings is 1. The van der Waals surface area contributed by atoms with Crippen LogP contribution < -0.4 is 4.74 Å².